The quantitative estimate of drug-likeness (QED) is 0.768. The van der Waals surface area contributed by atoms with Crippen molar-refractivity contribution >= 4 is 34.8 Å². The van der Waals surface area contributed by atoms with Crippen LogP contribution in [0.2, 0.25) is 5.02 Å². The number of ether oxygens (including phenoxy) is 1. The van der Waals surface area contributed by atoms with Crippen molar-refractivity contribution in [3.8, 4) is 5.75 Å². The number of nitrogens with one attached hydrogen (secondary N) is 2. The highest BCUT2D eigenvalue weighted by Gasteiger charge is 2.69. The van der Waals surface area contributed by atoms with Crippen LogP contribution in [0.4, 0.5) is 4.39 Å². The molecular weight excluding hydrogens is 393 g/mol. The normalized spacial score (nSPS) is 25.1. The molecule has 3 fully saturated rings. The zero-order valence-electron chi connectivity index (χ0n) is 14.5. The molecule has 3 saturated carbocycles. The van der Waals surface area contributed by atoms with Gasteiger partial charge in [0.25, 0.3) is 11.8 Å². The summed E-state index contributed by atoms with van der Waals surface area (Å²) in [5.41, 5.74) is 0.300. The number of aryl methyl sites for hydroxylation is 1. The van der Waals surface area contributed by atoms with Crippen LogP contribution in [0.25, 0.3) is 0 Å². The molecule has 1 aromatic carbocycles. The number of carbonyl (C=O) groups excluding carboxylic acids is 2. The number of hydrogen-bond acceptors (Lipinski definition) is 5. The molecule has 2 bridgehead atoms. The molecule has 142 valence electrons. The molecular formula is C18H17ClFN3O3S. The van der Waals surface area contributed by atoms with E-state index in [1.54, 1.807) is 0 Å². The minimum absolute atomic E-state index is 0.000854. The van der Waals surface area contributed by atoms with Crippen molar-refractivity contribution in [2.24, 2.45) is 0 Å². The van der Waals surface area contributed by atoms with Gasteiger partial charge in [0.15, 0.2) is 11.6 Å². The molecule has 0 saturated heterocycles. The van der Waals surface area contributed by atoms with Gasteiger partial charge in [-0.15, -0.1) is 11.3 Å². The van der Waals surface area contributed by atoms with E-state index in [4.69, 9.17) is 16.3 Å². The second-order valence-corrected chi connectivity index (χ2v) is 8.52. The second-order valence-electron chi connectivity index (χ2n) is 7.25. The first-order valence-corrected chi connectivity index (χ1v) is 9.68. The largest absolute Gasteiger partial charge is 0.484 e. The Hall–Kier alpha value is -2.19. The first kappa shape index (κ1) is 18.2. The molecule has 0 aliphatic heterocycles. The van der Waals surface area contributed by atoms with Gasteiger partial charge in [-0.3, -0.25) is 9.59 Å². The summed E-state index contributed by atoms with van der Waals surface area (Å²) >= 11 is 6.93. The van der Waals surface area contributed by atoms with Crippen molar-refractivity contribution < 1.29 is 18.7 Å². The van der Waals surface area contributed by atoms with Crippen LogP contribution < -0.4 is 15.4 Å². The Morgan fingerprint density at radius 1 is 1.30 bits per heavy atom. The van der Waals surface area contributed by atoms with E-state index in [0.29, 0.717) is 24.3 Å². The molecule has 2 aromatic rings. The van der Waals surface area contributed by atoms with Crippen LogP contribution in [0.1, 0.15) is 34.8 Å². The highest BCUT2D eigenvalue weighted by Crippen LogP contribution is 2.60. The van der Waals surface area contributed by atoms with Gasteiger partial charge in [-0.1, -0.05) is 11.6 Å². The Kier molecular flexibility index (Phi) is 4.35. The Balaban J connectivity index is 1.23. The lowest BCUT2D eigenvalue weighted by Crippen LogP contribution is -2.84. The monoisotopic (exact) mass is 409 g/mol. The lowest BCUT2D eigenvalue weighted by Gasteiger charge is -2.70. The molecule has 0 unspecified atom stereocenters. The number of carbonyl (C=O) groups is 2. The summed E-state index contributed by atoms with van der Waals surface area (Å²) in [7, 11) is 0. The number of aromatic nitrogens is 1. The number of amides is 2. The van der Waals surface area contributed by atoms with E-state index in [1.165, 1.54) is 23.5 Å². The maximum atomic E-state index is 13.4. The predicted molar refractivity (Wildman–Crippen MR) is 98.7 cm³/mol. The SMILES string of the molecule is Cc1csc(C(=O)NC23CC(NC(=O)COc4ccc(Cl)c(F)c4)(C2)C3)n1. The third-order valence-corrected chi connectivity index (χ3v) is 6.15. The molecule has 0 atom stereocenters. The van der Waals surface area contributed by atoms with Crippen LogP contribution in [0.5, 0.6) is 5.75 Å². The highest BCUT2D eigenvalue weighted by molar-refractivity contribution is 7.11. The lowest BCUT2D eigenvalue weighted by molar-refractivity contribution is -0.141. The number of benzene rings is 1. The molecule has 3 aliphatic rings. The fraction of sp³-hybridized carbons (Fsp3) is 0.389. The maximum Gasteiger partial charge on any atom is 0.280 e. The maximum absolute atomic E-state index is 13.4. The van der Waals surface area contributed by atoms with Crippen molar-refractivity contribution in [3.05, 3.63) is 45.1 Å². The van der Waals surface area contributed by atoms with Gasteiger partial charge in [-0.2, -0.15) is 0 Å². The van der Waals surface area contributed by atoms with E-state index in [9.17, 15) is 14.0 Å². The van der Waals surface area contributed by atoms with E-state index in [0.717, 1.165) is 11.8 Å². The van der Waals surface area contributed by atoms with Crippen molar-refractivity contribution in [1.82, 2.24) is 15.6 Å². The molecule has 3 aliphatic carbocycles. The minimum atomic E-state index is -0.595. The van der Waals surface area contributed by atoms with Crippen LogP contribution in [-0.4, -0.2) is 34.5 Å². The summed E-state index contributed by atoms with van der Waals surface area (Å²) < 4.78 is 18.7. The summed E-state index contributed by atoms with van der Waals surface area (Å²) in [4.78, 5) is 28.5. The zero-order chi connectivity index (χ0) is 19.2. The van der Waals surface area contributed by atoms with Gasteiger partial charge >= 0.3 is 0 Å². The van der Waals surface area contributed by atoms with Crippen molar-refractivity contribution in [3.63, 3.8) is 0 Å². The first-order valence-electron chi connectivity index (χ1n) is 8.42. The number of thiazole rings is 1. The van der Waals surface area contributed by atoms with Gasteiger partial charge in [0, 0.05) is 28.2 Å². The van der Waals surface area contributed by atoms with E-state index in [-0.39, 0.29) is 40.3 Å². The van der Waals surface area contributed by atoms with E-state index < -0.39 is 5.82 Å². The zero-order valence-corrected chi connectivity index (χ0v) is 16.0. The second kappa shape index (κ2) is 6.45. The molecule has 1 aromatic heterocycles. The standard InChI is InChI=1S/C18H17ClFN3O3S/c1-10-6-27-16(21-10)15(25)23-18-7-17(8-18,9-18)22-14(24)5-26-11-2-3-12(19)13(20)4-11/h2-4,6H,5,7-9H2,1H3,(H,22,24)(H,23,25). The van der Waals surface area contributed by atoms with Crippen LogP contribution in [0.15, 0.2) is 23.6 Å². The number of rotatable bonds is 6. The third-order valence-electron chi connectivity index (χ3n) is 4.89. The van der Waals surface area contributed by atoms with Crippen molar-refractivity contribution in [2.75, 3.05) is 6.61 Å². The molecule has 9 heteroatoms. The van der Waals surface area contributed by atoms with Gasteiger partial charge in [-0.05, 0) is 38.3 Å². The van der Waals surface area contributed by atoms with Crippen LogP contribution >= 0.6 is 22.9 Å². The van der Waals surface area contributed by atoms with E-state index in [2.05, 4.69) is 15.6 Å². The summed E-state index contributed by atoms with van der Waals surface area (Å²) in [6.45, 7) is 1.64. The Morgan fingerprint density at radius 2 is 2.00 bits per heavy atom. The van der Waals surface area contributed by atoms with E-state index in [1.807, 2.05) is 12.3 Å². The average Bonchev–Trinajstić information content (AvgIpc) is 2.99. The molecule has 0 spiro atoms. The molecule has 27 heavy (non-hydrogen) atoms. The lowest BCUT2D eigenvalue weighted by atomic mass is 9.44. The molecule has 0 radical (unpaired) electrons. The van der Waals surface area contributed by atoms with Gasteiger partial charge in [0.1, 0.15) is 11.6 Å². The van der Waals surface area contributed by atoms with Gasteiger partial charge in [-0.25, -0.2) is 9.37 Å². The van der Waals surface area contributed by atoms with Crippen LogP contribution in [0, 0.1) is 12.7 Å². The molecule has 5 rings (SSSR count). The summed E-state index contributed by atoms with van der Waals surface area (Å²) in [6, 6.07) is 4.02. The smallest absolute Gasteiger partial charge is 0.280 e. The van der Waals surface area contributed by atoms with Gasteiger partial charge in [0.2, 0.25) is 0 Å². The van der Waals surface area contributed by atoms with Crippen molar-refractivity contribution in [1.29, 1.82) is 0 Å². The molecule has 1 heterocycles. The number of hydrogen-bond donors (Lipinski definition) is 2. The predicted octanol–water partition coefficient (Wildman–Crippen LogP) is 2.84. The van der Waals surface area contributed by atoms with Gasteiger partial charge in [0.05, 0.1) is 5.02 Å². The fourth-order valence-electron chi connectivity index (χ4n) is 3.85. The third kappa shape index (κ3) is 3.51. The minimum Gasteiger partial charge on any atom is -0.484 e. The summed E-state index contributed by atoms with van der Waals surface area (Å²) in [6.07, 6.45) is 2.08. The van der Waals surface area contributed by atoms with Crippen LogP contribution in [0.3, 0.4) is 0 Å². The van der Waals surface area contributed by atoms with Gasteiger partial charge < -0.3 is 15.4 Å². The average molecular weight is 410 g/mol. The topological polar surface area (TPSA) is 80.3 Å². The molecule has 2 N–H and O–H groups in total. The van der Waals surface area contributed by atoms with Crippen LogP contribution in [-0.2, 0) is 4.79 Å². The van der Waals surface area contributed by atoms with Crippen molar-refractivity contribution in [2.45, 2.75) is 37.3 Å². The highest BCUT2D eigenvalue weighted by atomic mass is 35.5. The summed E-state index contributed by atoms with van der Waals surface area (Å²) in [5, 5.41) is 8.27. The summed E-state index contributed by atoms with van der Waals surface area (Å²) in [5.74, 6) is -0.796. The first-order chi connectivity index (χ1) is 12.8. The Labute approximate surface area is 164 Å². The molecule has 2 amide bonds. The Bertz CT molecular complexity index is 913. The number of halogens is 2. The number of nitrogens with zero attached hydrogens (tertiary/aromatic N) is 1. The van der Waals surface area contributed by atoms with E-state index >= 15 is 0 Å². The Morgan fingerprint density at radius 3 is 2.63 bits per heavy atom. The fourth-order valence-corrected chi connectivity index (χ4v) is 4.66. The molecule has 6 nitrogen and oxygen atoms in total.